The molecule has 0 heterocycles. The standard InChI is InChI=1S/C17H14ClN5O5S/c18-15-6-3-13(7-16(15)23(25)26)22-17(24)12(8-19)10-21-9-11-1-4-14(5-2-11)29(20,27)28/h1-7,10,21H,9H2,(H,22,24)(H2,20,27,28)/b12-10-. The summed E-state index contributed by atoms with van der Waals surface area (Å²) in [6.07, 6.45) is 1.17. The lowest BCUT2D eigenvalue weighted by atomic mass is 10.2. The van der Waals surface area contributed by atoms with E-state index in [1.165, 1.54) is 42.6 Å². The van der Waals surface area contributed by atoms with Gasteiger partial charge in [-0.3, -0.25) is 14.9 Å². The van der Waals surface area contributed by atoms with Crippen LogP contribution in [0.1, 0.15) is 5.56 Å². The van der Waals surface area contributed by atoms with Crippen LogP contribution in [0.5, 0.6) is 0 Å². The third-order valence-electron chi connectivity index (χ3n) is 3.57. The number of hydrogen-bond acceptors (Lipinski definition) is 7. The predicted molar refractivity (Wildman–Crippen MR) is 105 cm³/mol. The topological polar surface area (TPSA) is 168 Å². The first-order valence-corrected chi connectivity index (χ1v) is 9.75. The molecule has 4 N–H and O–H groups in total. The lowest BCUT2D eigenvalue weighted by Crippen LogP contribution is -2.17. The number of carbonyl (C=O) groups is 1. The first-order chi connectivity index (χ1) is 13.6. The fourth-order valence-electron chi connectivity index (χ4n) is 2.15. The molecule has 1 amide bonds. The van der Waals surface area contributed by atoms with E-state index in [-0.39, 0.29) is 33.4 Å². The minimum atomic E-state index is -3.79. The van der Waals surface area contributed by atoms with Gasteiger partial charge in [0.1, 0.15) is 16.7 Å². The Morgan fingerprint density at radius 1 is 1.28 bits per heavy atom. The summed E-state index contributed by atoms with van der Waals surface area (Å²) in [5.74, 6) is -0.777. The van der Waals surface area contributed by atoms with Gasteiger partial charge in [0.25, 0.3) is 11.6 Å². The van der Waals surface area contributed by atoms with E-state index in [0.717, 1.165) is 6.07 Å². The van der Waals surface area contributed by atoms with Crippen LogP contribution in [0.15, 0.2) is 59.1 Å². The fraction of sp³-hybridized carbons (Fsp3) is 0.0588. The molecule has 29 heavy (non-hydrogen) atoms. The van der Waals surface area contributed by atoms with Crippen molar-refractivity contribution in [3.63, 3.8) is 0 Å². The Labute approximate surface area is 170 Å². The maximum atomic E-state index is 12.2. The molecule has 0 aliphatic carbocycles. The zero-order valence-corrected chi connectivity index (χ0v) is 16.2. The molecule has 0 radical (unpaired) electrons. The van der Waals surface area contributed by atoms with Crippen LogP contribution in [0.4, 0.5) is 11.4 Å². The first-order valence-electron chi connectivity index (χ1n) is 7.82. The fourth-order valence-corrected chi connectivity index (χ4v) is 2.85. The molecule has 2 aromatic carbocycles. The number of anilines is 1. The Morgan fingerprint density at radius 3 is 2.48 bits per heavy atom. The molecule has 0 aliphatic rings. The van der Waals surface area contributed by atoms with Gasteiger partial charge in [-0.1, -0.05) is 23.7 Å². The Balaban J connectivity index is 2.04. The van der Waals surface area contributed by atoms with Crippen molar-refractivity contribution in [1.29, 1.82) is 5.26 Å². The van der Waals surface area contributed by atoms with Crippen molar-refractivity contribution < 1.29 is 18.1 Å². The van der Waals surface area contributed by atoms with Crippen LogP contribution in [0, 0.1) is 21.4 Å². The molecule has 0 aromatic heterocycles. The van der Waals surface area contributed by atoms with Gasteiger partial charge in [-0.15, -0.1) is 0 Å². The molecule has 0 saturated carbocycles. The normalized spacial score (nSPS) is 11.4. The Bertz CT molecular complexity index is 1120. The summed E-state index contributed by atoms with van der Waals surface area (Å²) in [5.41, 5.74) is 0.127. The van der Waals surface area contributed by atoms with Crippen LogP contribution in [0.2, 0.25) is 5.02 Å². The van der Waals surface area contributed by atoms with Crippen LogP contribution in [-0.4, -0.2) is 19.2 Å². The molecule has 0 saturated heterocycles. The summed E-state index contributed by atoms with van der Waals surface area (Å²) < 4.78 is 22.4. The molecule has 2 aromatic rings. The molecule has 0 aliphatic heterocycles. The van der Waals surface area contributed by atoms with E-state index in [1.807, 2.05) is 0 Å². The average Bonchev–Trinajstić information content (AvgIpc) is 2.66. The third kappa shape index (κ3) is 6.01. The van der Waals surface area contributed by atoms with E-state index in [1.54, 1.807) is 6.07 Å². The van der Waals surface area contributed by atoms with Gasteiger partial charge in [-0.2, -0.15) is 5.26 Å². The van der Waals surface area contributed by atoms with Crippen LogP contribution in [0.3, 0.4) is 0 Å². The van der Waals surface area contributed by atoms with E-state index < -0.39 is 20.9 Å². The summed E-state index contributed by atoms with van der Waals surface area (Å²) >= 11 is 5.71. The van der Waals surface area contributed by atoms with Crippen molar-refractivity contribution in [3.8, 4) is 6.07 Å². The number of halogens is 1. The number of benzene rings is 2. The largest absolute Gasteiger partial charge is 0.386 e. The van der Waals surface area contributed by atoms with Crippen molar-refractivity contribution in [1.82, 2.24) is 5.32 Å². The Kier molecular flexibility index (Phi) is 6.89. The van der Waals surface area contributed by atoms with Crippen LogP contribution >= 0.6 is 11.6 Å². The number of nitriles is 1. The van der Waals surface area contributed by atoms with Crippen molar-refractivity contribution in [2.24, 2.45) is 5.14 Å². The zero-order valence-electron chi connectivity index (χ0n) is 14.6. The number of nitrogens with zero attached hydrogens (tertiary/aromatic N) is 2. The highest BCUT2D eigenvalue weighted by Gasteiger charge is 2.15. The number of nitro benzene ring substituents is 1. The molecule has 2 rings (SSSR count). The van der Waals surface area contributed by atoms with Gasteiger partial charge in [0, 0.05) is 24.5 Å². The number of nitrogens with two attached hydrogens (primary N) is 1. The second kappa shape index (κ2) is 9.16. The number of primary sulfonamides is 1. The van der Waals surface area contributed by atoms with Gasteiger partial charge < -0.3 is 10.6 Å². The summed E-state index contributed by atoms with van der Waals surface area (Å²) in [4.78, 5) is 22.3. The van der Waals surface area contributed by atoms with Gasteiger partial charge in [-0.25, -0.2) is 13.6 Å². The number of sulfonamides is 1. The third-order valence-corrected chi connectivity index (χ3v) is 4.82. The summed E-state index contributed by atoms with van der Waals surface area (Å²) in [5, 5.41) is 30.1. The van der Waals surface area contributed by atoms with Gasteiger partial charge in [-0.05, 0) is 29.8 Å². The minimum absolute atomic E-state index is 0.0362. The maximum Gasteiger partial charge on any atom is 0.289 e. The van der Waals surface area contributed by atoms with E-state index in [0.29, 0.717) is 5.56 Å². The molecule has 10 nitrogen and oxygen atoms in total. The smallest absolute Gasteiger partial charge is 0.289 e. The first kappa shape index (κ1) is 21.8. The highest BCUT2D eigenvalue weighted by atomic mass is 35.5. The molecule has 0 unspecified atom stereocenters. The van der Waals surface area contributed by atoms with Gasteiger partial charge in [0.05, 0.1) is 9.82 Å². The van der Waals surface area contributed by atoms with Gasteiger partial charge >= 0.3 is 0 Å². The summed E-state index contributed by atoms with van der Waals surface area (Å²) in [6.45, 7) is 0.204. The van der Waals surface area contributed by atoms with Gasteiger partial charge in [0.2, 0.25) is 10.0 Å². The second-order valence-corrected chi connectivity index (χ2v) is 7.59. The molecular formula is C17H14ClN5O5S. The quantitative estimate of drug-likeness (QED) is 0.258. The lowest BCUT2D eigenvalue weighted by molar-refractivity contribution is -0.384. The highest BCUT2D eigenvalue weighted by molar-refractivity contribution is 7.89. The van der Waals surface area contributed by atoms with Crippen molar-refractivity contribution in [3.05, 3.63) is 74.9 Å². The highest BCUT2D eigenvalue weighted by Crippen LogP contribution is 2.27. The molecule has 150 valence electrons. The van der Waals surface area contributed by atoms with Crippen LogP contribution in [-0.2, 0) is 21.4 Å². The zero-order chi connectivity index (χ0) is 21.6. The minimum Gasteiger partial charge on any atom is -0.386 e. The lowest BCUT2D eigenvalue weighted by Gasteiger charge is -2.06. The molecule has 0 fully saturated rings. The molecule has 0 atom stereocenters. The summed E-state index contributed by atoms with van der Waals surface area (Å²) in [7, 11) is -3.79. The van der Waals surface area contributed by atoms with E-state index in [9.17, 15) is 23.3 Å². The maximum absolute atomic E-state index is 12.2. The second-order valence-electron chi connectivity index (χ2n) is 5.62. The van der Waals surface area contributed by atoms with E-state index in [4.69, 9.17) is 22.0 Å². The summed E-state index contributed by atoms with van der Waals surface area (Å²) in [6, 6.07) is 11.1. The van der Waals surface area contributed by atoms with Crippen LogP contribution in [0.25, 0.3) is 0 Å². The number of hydrogen-bond donors (Lipinski definition) is 3. The van der Waals surface area contributed by atoms with Crippen molar-refractivity contribution >= 4 is 38.9 Å². The predicted octanol–water partition coefficient (Wildman–Crippen LogP) is 2.03. The molecule has 0 bridgehead atoms. The number of nitrogens with one attached hydrogen (secondary N) is 2. The molecule has 12 heteroatoms. The number of carbonyl (C=O) groups excluding carboxylic acids is 1. The number of nitro groups is 1. The Hall–Kier alpha value is -3.46. The van der Waals surface area contributed by atoms with Crippen LogP contribution < -0.4 is 15.8 Å². The number of rotatable bonds is 7. The van der Waals surface area contributed by atoms with Crippen molar-refractivity contribution in [2.45, 2.75) is 11.4 Å². The molecule has 0 spiro atoms. The van der Waals surface area contributed by atoms with Crippen molar-refractivity contribution in [2.75, 3.05) is 5.32 Å². The van der Waals surface area contributed by atoms with E-state index >= 15 is 0 Å². The monoisotopic (exact) mass is 435 g/mol. The molecular weight excluding hydrogens is 422 g/mol. The Morgan fingerprint density at radius 2 is 1.93 bits per heavy atom. The SMILES string of the molecule is N#C/C(=C/NCc1ccc(S(N)(=O)=O)cc1)C(=O)Nc1ccc(Cl)c([N+](=O)[O-])c1. The van der Waals surface area contributed by atoms with E-state index in [2.05, 4.69) is 10.6 Å². The average molecular weight is 436 g/mol. The van der Waals surface area contributed by atoms with Gasteiger partial charge in [0.15, 0.2) is 0 Å². The number of amides is 1.